The summed E-state index contributed by atoms with van der Waals surface area (Å²) in [5, 5.41) is 12.6. The van der Waals surface area contributed by atoms with Gasteiger partial charge in [-0.15, -0.1) is 0 Å². The number of hydrogen-bond donors (Lipinski definition) is 3. The predicted molar refractivity (Wildman–Crippen MR) is 83.3 cm³/mol. The molecule has 1 heterocycles. The number of nitrogens with zero attached hydrogens (tertiary/aromatic N) is 1. The van der Waals surface area contributed by atoms with E-state index in [2.05, 4.69) is 12.2 Å². The van der Waals surface area contributed by atoms with Gasteiger partial charge in [0.1, 0.15) is 6.04 Å². The van der Waals surface area contributed by atoms with Crippen molar-refractivity contribution in [1.29, 1.82) is 0 Å². The van der Waals surface area contributed by atoms with Crippen molar-refractivity contribution in [2.75, 3.05) is 38.0 Å². The second-order valence-corrected chi connectivity index (χ2v) is 5.61. The van der Waals surface area contributed by atoms with Gasteiger partial charge in [0.05, 0.1) is 39.3 Å². The largest absolute Gasteiger partial charge is 0.392 e. The van der Waals surface area contributed by atoms with Crippen LogP contribution in [0.5, 0.6) is 0 Å². The van der Waals surface area contributed by atoms with E-state index in [9.17, 15) is 9.90 Å². The first-order valence-corrected chi connectivity index (χ1v) is 7.73. The number of quaternary nitrogens is 1. The Kier molecular flexibility index (Phi) is 5.59. The van der Waals surface area contributed by atoms with E-state index in [1.807, 2.05) is 36.1 Å². The Bertz CT molecular complexity index is 470. The number of benzene rings is 1. The average molecular weight is 292 g/mol. The molecule has 1 atom stereocenters. The Labute approximate surface area is 126 Å². The lowest BCUT2D eigenvalue weighted by Gasteiger charge is -2.33. The Hall–Kier alpha value is -1.59. The van der Waals surface area contributed by atoms with Gasteiger partial charge in [0.25, 0.3) is 0 Å². The third-order valence-electron chi connectivity index (χ3n) is 4.21. The number of aliphatic hydroxyl groups is 1. The molecule has 0 unspecified atom stereocenters. The maximum Gasteiger partial charge on any atom is 0.245 e. The molecule has 1 aliphatic heterocycles. The third kappa shape index (κ3) is 3.95. The minimum absolute atomic E-state index is 0.0252. The summed E-state index contributed by atoms with van der Waals surface area (Å²) in [5.41, 5.74) is 1.65. The summed E-state index contributed by atoms with van der Waals surface area (Å²) >= 11 is 0. The molecule has 5 heteroatoms. The van der Waals surface area contributed by atoms with E-state index in [4.69, 9.17) is 0 Å². The lowest BCUT2D eigenvalue weighted by Crippen LogP contribution is -3.14. The van der Waals surface area contributed by atoms with Gasteiger partial charge in [-0.1, -0.05) is 18.2 Å². The number of nitrogens with one attached hydrogen (secondary N) is 2. The highest BCUT2D eigenvalue weighted by Crippen LogP contribution is 2.16. The van der Waals surface area contributed by atoms with Crippen molar-refractivity contribution in [2.24, 2.45) is 0 Å². The lowest BCUT2D eigenvalue weighted by molar-refractivity contribution is -0.902. The zero-order valence-corrected chi connectivity index (χ0v) is 12.9. The van der Waals surface area contributed by atoms with E-state index in [0.29, 0.717) is 0 Å². The van der Waals surface area contributed by atoms with Gasteiger partial charge in [0.15, 0.2) is 0 Å². The van der Waals surface area contributed by atoms with E-state index >= 15 is 0 Å². The summed E-state index contributed by atoms with van der Waals surface area (Å²) in [7, 11) is 0. The van der Waals surface area contributed by atoms with Gasteiger partial charge < -0.3 is 20.2 Å². The topological polar surface area (TPSA) is 57.0 Å². The monoisotopic (exact) mass is 292 g/mol. The first-order valence-electron chi connectivity index (χ1n) is 7.73. The molecule has 1 fully saturated rings. The van der Waals surface area contributed by atoms with Gasteiger partial charge in [-0.05, 0) is 19.9 Å². The van der Waals surface area contributed by atoms with Crippen molar-refractivity contribution in [1.82, 2.24) is 4.90 Å². The summed E-state index contributed by atoms with van der Waals surface area (Å²) in [6.07, 6.45) is 0. The molecule has 3 N–H and O–H groups in total. The smallest absolute Gasteiger partial charge is 0.245 e. The fourth-order valence-corrected chi connectivity index (χ4v) is 2.76. The Balaban J connectivity index is 1.94. The minimum Gasteiger partial charge on any atom is -0.392 e. The number of amides is 1. The van der Waals surface area contributed by atoms with Crippen LogP contribution >= 0.6 is 0 Å². The van der Waals surface area contributed by atoms with Crippen molar-refractivity contribution >= 4 is 11.6 Å². The predicted octanol–water partition coefficient (Wildman–Crippen LogP) is -0.274. The van der Waals surface area contributed by atoms with Crippen molar-refractivity contribution in [3.05, 3.63) is 29.8 Å². The number of anilines is 1. The molecule has 1 saturated heterocycles. The summed E-state index contributed by atoms with van der Waals surface area (Å²) in [4.78, 5) is 16.0. The van der Waals surface area contributed by atoms with Crippen molar-refractivity contribution in [3.63, 3.8) is 0 Å². The van der Waals surface area contributed by atoms with Crippen LogP contribution in [0, 0.1) is 0 Å². The number of aliphatic hydroxyl groups excluding tert-OH is 1. The van der Waals surface area contributed by atoms with Crippen LogP contribution in [0.4, 0.5) is 5.69 Å². The molecule has 2 rings (SSSR count). The van der Waals surface area contributed by atoms with Gasteiger partial charge in [0.2, 0.25) is 5.91 Å². The van der Waals surface area contributed by atoms with Crippen molar-refractivity contribution < 1.29 is 14.8 Å². The molecule has 116 valence electrons. The number of para-hydroxylation sites is 1. The van der Waals surface area contributed by atoms with Crippen LogP contribution < -0.4 is 10.2 Å². The van der Waals surface area contributed by atoms with Crippen LogP contribution in [0.15, 0.2) is 24.3 Å². The molecule has 0 radical (unpaired) electrons. The average Bonchev–Trinajstić information content (AvgIpc) is 2.54. The van der Waals surface area contributed by atoms with E-state index in [-0.39, 0.29) is 18.6 Å². The lowest BCUT2D eigenvalue weighted by atomic mass is 10.1. The van der Waals surface area contributed by atoms with E-state index in [1.54, 1.807) is 4.90 Å². The number of likely N-dealkylation sites (N-methyl/N-ethyl adjacent to an activating group) is 1. The second-order valence-electron chi connectivity index (χ2n) is 5.61. The molecule has 5 nitrogen and oxygen atoms in total. The number of rotatable bonds is 5. The van der Waals surface area contributed by atoms with Crippen LogP contribution in [-0.2, 0) is 11.4 Å². The number of carbonyl (C=O) groups is 1. The van der Waals surface area contributed by atoms with Gasteiger partial charge >= 0.3 is 0 Å². The second kappa shape index (κ2) is 7.43. The zero-order valence-electron chi connectivity index (χ0n) is 12.9. The summed E-state index contributed by atoms with van der Waals surface area (Å²) < 4.78 is 0. The molecule has 0 aromatic heterocycles. The molecule has 1 aromatic carbocycles. The Morgan fingerprint density at radius 1 is 1.38 bits per heavy atom. The van der Waals surface area contributed by atoms with E-state index in [1.165, 1.54) is 0 Å². The van der Waals surface area contributed by atoms with Crippen molar-refractivity contribution in [3.8, 4) is 0 Å². The van der Waals surface area contributed by atoms with Crippen LogP contribution in [-0.4, -0.2) is 54.7 Å². The molecule has 0 spiro atoms. The normalized spacial score (nSPS) is 17.6. The number of piperazine rings is 1. The summed E-state index contributed by atoms with van der Waals surface area (Å²) in [6.45, 7) is 8.89. The van der Waals surface area contributed by atoms with E-state index in [0.717, 1.165) is 44.0 Å². The fraction of sp³-hybridized carbons (Fsp3) is 0.562. The highest BCUT2D eigenvalue weighted by molar-refractivity contribution is 5.84. The summed E-state index contributed by atoms with van der Waals surface area (Å²) in [6, 6.07) is 7.27. The van der Waals surface area contributed by atoms with Gasteiger partial charge in [0, 0.05) is 11.3 Å². The van der Waals surface area contributed by atoms with Crippen LogP contribution in [0.25, 0.3) is 0 Å². The van der Waals surface area contributed by atoms with Crippen LogP contribution in [0.1, 0.15) is 19.4 Å². The number of hydrogen-bond acceptors (Lipinski definition) is 3. The summed E-state index contributed by atoms with van der Waals surface area (Å²) in [5.74, 6) is 0.137. The molecule has 1 aromatic rings. The molecule has 21 heavy (non-hydrogen) atoms. The molecule has 1 amide bonds. The first-order chi connectivity index (χ1) is 10.2. The fourth-order valence-electron chi connectivity index (χ4n) is 2.76. The molecular weight excluding hydrogens is 266 g/mol. The quantitative estimate of drug-likeness (QED) is 0.700. The molecular formula is C16H26N3O2+. The van der Waals surface area contributed by atoms with Crippen LogP contribution in [0.3, 0.4) is 0 Å². The van der Waals surface area contributed by atoms with Gasteiger partial charge in [-0.2, -0.15) is 0 Å². The van der Waals surface area contributed by atoms with E-state index < -0.39 is 0 Å². The molecule has 0 aliphatic carbocycles. The molecule has 1 aliphatic rings. The SMILES string of the molecule is CC[NH+]1CCN(C(=O)[C@@H](C)Nc2ccccc2CO)CC1. The van der Waals surface area contributed by atoms with Crippen molar-refractivity contribution in [2.45, 2.75) is 26.5 Å². The molecule has 0 saturated carbocycles. The Morgan fingerprint density at radius 2 is 2.05 bits per heavy atom. The highest BCUT2D eigenvalue weighted by atomic mass is 16.3. The third-order valence-corrected chi connectivity index (χ3v) is 4.21. The van der Waals surface area contributed by atoms with Gasteiger partial charge in [-0.25, -0.2) is 0 Å². The number of carbonyl (C=O) groups excluding carboxylic acids is 1. The maximum absolute atomic E-state index is 12.5. The van der Waals surface area contributed by atoms with Crippen LogP contribution in [0.2, 0.25) is 0 Å². The standard InChI is InChI=1S/C16H25N3O2/c1-3-18-8-10-19(11-9-18)16(21)13(2)17-15-7-5-4-6-14(15)12-20/h4-7,13,17,20H,3,8-12H2,1-2H3/p+1/t13-/m1/s1. The molecule has 0 bridgehead atoms. The highest BCUT2D eigenvalue weighted by Gasteiger charge is 2.26. The maximum atomic E-state index is 12.5. The zero-order chi connectivity index (χ0) is 15.2. The van der Waals surface area contributed by atoms with Gasteiger partial charge in [-0.3, -0.25) is 4.79 Å². The minimum atomic E-state index is -0.277. The first kappa shape index (κ1) is 15.8. The Morgan fingerprint density at radius 3 is 2.67 bits per heavy atom.